The zero-order valence-electron chi connectivity index (χ0n) is 9.97. The zero-order chi connectivity index (χ0) is 12.3. The molecule has 1 heterocycles. The van der Waals surface area contributed by atoms with Crippen LogP contribution in [0.5, 0.6) is 0 Å². The fraction of sp³-hybridized carbons (Fsp3) is 0.571. The molecule has 0 saturated heterocycles. The van der Waals surface area contributed by atoms with Gasteiger partial charge in [0.1, 0.15) is 0 Å². The van der Waals surface area contributed by atoms with Gasteiger partial charge in [0.25, 0.3) is 0 Å². The molecule has 4 rings (SSSR count). The minimum absolute atomic E-state index is 0.216. The third-order valence-electron chi connectivity index (χ3n) is 5.07. The summed E-state index contributed by atoms with van der Waals surface area (Å²) in [5.41, 5.74) is 0.840. The summed E-state index contributed by atoms with van der Waals surface area (Å²) in [5, 5.41) is 3.04. The van der Waals surface area contributed by atoms with Crippen molar-refractivity contribution in [3.05, 3.63) is 22.9 Å². The quantitative estimate of drug-likeness (QED) is 0.912. The minimum atomic E-state index is 0.216. The average molecular weight is 307 g/mol. The Morgan fingerprint density at radius 3 is 2.72 bits per heavy atom. The molecule has 94 valence electrons. The van der Waals surface area contributed by atoms with Gasteiger partial charge < -0.3 is 5.32 Å². The molecule has 3 nitrogen and oxygen atoms in total. The summed E-state index contributed by atoms with van der Waals surface area (Å²) in [5.74, 6) is 3.59. The van der Waals surface area contributed by atoms with Crippen molar-refractivity contribution < 1.29 is 4.79 Å². The van der Waals surface area contributed by atoms with Crippen LogP contribution in [0, 0.1) is 29.6 Å². The van der Waals surface area contributed by atoms with Gasteiger partial charge in [0.2, 0.25) is 5.91 Å². The van der Waals surface area contributed by atoms with Crippen LogP contribution in [-0.2, 0) is 4.79 Å². The van der Waals surface area contributed by atoms with E-state index in [1.807, 2.05) is 6.07 Å². The number of nitrogens with one attached hydrogen (secondary N) is 1. The first-order chi connectivity index (χ1) is 8.75. The first-order valence-corrected chi connectivity index (χ1v) is 7.45. The number of nitrogens with zero attached hydrogens (tertiary/aromatic N) is 1. The molecule has 4 unspecified atom stereocenters. The molecule has 1 aromatic rings. The van der Waals surface area contributed by atoms with Crippen LogP contribution in [0.3, 0.4) is 0 Å². The molecule has 3 saturated carbocycles. The summed E-state index contributed by atoms with van der Waals surface area (Å²) in [6, 6.07) is 1.84. The van der Waals surface area contributed by atoms with E-state index in [-0.39, 0.29) is 11.8 Å². The lowest BCUT2D eigenvalue weighted by atomic mass is 10.0. The van der Waals surface area contributed by atoms with Gasteiger partial charge in [0.15, 0.2) is 0 Å². The van der Waals surface area contributed by atoms with E-state index in [1.165, 1.54) is 19.3 Å². The van der Waals surface area contributed by atoms with Gasteiger partial charge in [0.05, 0.1) is 10.2 Å². The topological polar surface area (TPSA) is 42.0 Å². The number of amides is 1. The smallest absolute Gasteiger partial charge is 0.228 e. The van der Waals surface area contributed by atoms with Crippen LogP contribution in [-0.4, -0.2) is 10.9 Å². The van der Waals surface area contributed by atoms with Gasteiger partial charge in [-0.25, -0.2) is 0 Å². The summed E-state index contributed by atoms with van der Waals surface area (Å²) in [6.07, 6.45) is 7.52. The highest BCUT2D eigenvalue weighted by atomic mass is 79.9. The van der Waals surface area contributed by atoms with Crippen LogP contribution in [0.1, 0.15) is 19.3 Å². The predicted molar refractivity (Wildman–Crippen MR) is 71.9 cm³/mol. The minimum Gasteiger partial charge on any atom is -0.325 e. The molecule has 0 aromatic carbocycles. The highest BCUT2D eigenvalue weighted by Gasteiger charge is 2.67. The van der Waals surface area contributed by atoms with Crippen LogP contribution in [0.15, 0.2) is 22.9 Å². The van der Waals surface area contributed by atoms with E-state index in [1.54, 1.807) is 12.4 Å². The van der Waals surface area contributed by atoms with E-state index in [4.69, 9.17) is 0 Å². The molecular formula is C14H15BrN2O. The van der Waals surface area contributed by atoms with Crippen LogP contribution < -0.4 is 5.32 Å². The Morgan fingerprint density at radius 1 is 1.33 bits per heavy atom. The number of hydrogen-bond acceptors (Lipinski definition) is 2. The molecule has 4 heteroatoms. The fourth-order valence-corrected chi connectivity index (χ4v) is 4.72. The fourth-order valence-electron chi connectivity index (χ4n) is 4.37. The molecule has 2 bridgehead atoms. The standard InChI is InChI=1S/C14H15BrN2O/c15-9-6-16-4-3-10(9)17-14(18)13-11-7-1-2-8(5-7)12(11)13/h3-4,6-8,11-13H,1-2,5H2,(H,16,17,18). The summed E-state index contributed by atoms with van der Waals surface area (Å²) in [4.78, 5) is 16.3. The van der Waals surface area contributed by atoms with Crippen molar-refractivity contribution in [3.8, 4) is 0 Å². The largest absolute Gasteiger partial charge is 0.325 e. The van der Waals surface area contributed by atoms with Crippen LogP contribution in [0.4, 0.5) is 5.69 Å². The van der Waals surface area contributed by atoms with Crippen molar-refractivity contribution >= 4 is 27.5 Å². The van der Waals surface area contributed by atoms with E-state index in [2.05, 4.69) is 26.2 Å². The highest BCUT2D eigenvalue weighted by Crippen LogP contribution is 2.69. The Labute approximate surface area is 114 Å². The molecule has 0 aliphatic heterocycles. The third-order valence-corrected chi connectivity index (χ3v) is 5.70. The molecule has 4 atom stereocenters. The van der Waals surface area contributed by atoms with Gasteiger partial charge in [0, 0.05) is 18.3 Å². The van der Waals surface area contributed by atoms with Gasteiger partial charge in [-0.05, 0) is 64.9 Å². The third kappa shape index (κ3) is 1.48. The van der Waals surface area contributed by atoms with E-state index in [0.29, 0.717) is 11.8 Å². The second kappa shape index (κ2) is 3.80. The van der Waals surface area contributed by atoms with Gasteiger partial charge >= 0.3 is 0 Å². The monoisotopic (exact) mass is 306 g/mol. The molecule has 3 aliphatic rings. The summed E-state index contributed by atoms with van der Waals surface area (Å²) in [7, 11) is 0. The number of halogens is 1. The second-order valence-electron chi connectivity index (χ2n) is 5.86. The number of pyridine rings is 1. The maximum absolute atomic E-state index is 12.3. The molecule has 3 fully saturated rings. The van der Waals surface area contributed by atoms with Crippen LogP contribution >= 0.6 is 15.9 Å². The lowest BCUT2D eigenvalue weighted by molar-refractivity contribution is -0.118. The normalized spacial score (nSPS) is 39.5. The van der Waals surface area contributed by atoms with E-state index < -0.39 is 0 Å². The summed E-state index contributed by atoms with van der Waals surface area (Å²) in [6.45, 7) is 0. The number of carbonyl (C=O) groups excluding carboxylic acids is 1. The summed E-state index contributed by atoms with van der Waals surface area (Å²) >= 11 is 3.41. The Balaban J connectivity index is 1.48. The highest BCUT2D eigenvalue weighted by molar-refractivity contribution is 9.10. The lowest BCUT2D eigenvalue weighted by Crippen LogP contribution is -2.18. The lowest BCUT2D eigenvalue weighted by Gasteiger charge is -2.10. The molecule has 1 amide bonds. The number of carbonyl (C=O) groups is 1. The van der Waals surface area contributed by atoms with Gasteiger partial charge in [-0.15, -0.1) is 0 Å². The van der Waals surface area contributed by atoms with Crippen LogP contribution in [0.2, 0.25) is 0 Å². The average Bonchev–Trinajstić information content (AvgIpc) is 2.82. The number of rotatable bonds is 2. The van der Waals surface area contributed by atoms with Gasteiger partial charge in [-0.1, -0.05) is 0 Å². The van der Waals surface area contributed by atoms with Crippen molar-refractivity contribution in [3.63, 3.8) is 0 Å². The number of aromatic nitrogens is 1. The van der Waals surface area contributed by atoms with E-state index in [9.17, 15) is 4.79 Å². The van der Waals surface area contributed by atoms with Crippen molar-refractivity contribution in [1.29, 1.82) is 0 Å². The number of hydrogen-bond donors (Lipinski definition) is 1. The zero-order valence-corrected chi connectivity index (χ0v) is 11.6. The summed E-state index contributed by atoms with van der Waals surface area (Å²) < 4.78 is 0.854. The molecule has 1 N–H and O–H groups in total. The second-order valence-corrected chi connectivity index (χ2v) is 6.71. The van der Waals surface area contributed by atoms with E-state index in [0.717, 1.165) is 22.0 Å². The van der Waals surface area contributed by atoms with Crippen molar-refractivity contribution in [2.24, 2.45) is 29.6 Å². The van der Waals surface area contributed by atoms with E-state index >= 15 is 0 Å². The molecule has 1 aromatic heterocycles. The maximum Gasteiger partial charge on any atom is 0.228 e. The molecule has 18 heavy (non-hydrogen) atoms. The van der Waals surface area contributed by atoms with Crippen molar-refractivity contribution in [1.82, 2.24) is 4.98 Å². The van der Waals surface area contributed by atoms with Crippen LogP contribution in [0.25, 0.3) is 0 Å². The Hall–Kier alpha value is -0.900. The van der Waals surface area contributed by atoms with Gasteiger partial charge in [-0.2, -0.15) is 0 Å². The molecule has 0 radical (unpaired) electrons. The maximum atomic E-state index is 12.3. The Kier molecular flexibility index (Phi) is 2.31. The predicted octanol–water partition coefficient (Wildman–Crippen LogP) is 3.07. The SMILES string of the molecule is O=C(Nc1ccncc1Br)C1C2C3CCC(C3)C12. The van der Waals surface area contributed by atoms with Crippen molar-refractivity contribution in [2.75, 3.05) is 5.32 Å². The Bertz CT molecular complexity index is 502. The number of anilines is 1. The molecule has 3 aliphatic carbocycles. The van der Waals surface area contributed by atoms with Crippen molar-refractivity contribution in [2.45, 2.75) is 19.3 Å². The molecule has 0 spiro atoms. The van der Waals surface area contributed by atoms with Gasteiger partial charge in [-0.3, -0.25) is 9.78 Å². The number of fused-ring (bicyclic) bond motifs is 5. The first-order valence-electron chi connectivity index (χ1n) is 6.66. The Morgan fingerprint density at radius 2 is 2.06 bits per heavy atom. The first kappa shape index (κ1) is 11.0. The molecular weight excluding hydrogens is 292 g/mol.